The number of halogens is 1. The summed E-state index contributed by atoms with van der Waals surface area (Å²) in [7, 11) is 1.58. The molecule has 0 saturated heterocycles. The van der Waals surface area contributed by atoms with Crippen LogP contribution in [-0.4, -0.2) is 13.7 Å². The average Bonchev–Trinajstić information content (AvgIpc) is 2.03. The lowest BCUT2D eigenvalue weighted by atomic mass is 10.1. The van der Waals surface area contributed by atoms with E-state index >= 15 is 0 Å². The van der Waals surface area contributed by atoms with Crippen LogP contribution in [0, 0.1) is 12.7 Å². The minimum Gasteiger partial charge on any atom is -0.383 e. The molecular weight excluding hydrogens is 169 g/mol. The van der Waals surface area contributed by atoms with Crippen LogP contribution in [0.2, 0.25) is 0 Å². The number of rotatable bonds is 3. The van der Waals surface area contributed by atoms with Crippen molar-refractivity contribution in [2.24, 2.45) is 5.73 Å². The molecular formula is C10H14FNO. The highest BCUT2D eigenvalue weighted by Gasteiger charge is 2.06. The molecule has 72 valence electrons. The van der Waals surface area contributed by atoms with Crippen LogP contribution in [0.25, 0.3) is 0 Å². The summed E-state index contributed by atoms with van der Waals surface area (Å²) in [5.74, 6) is -0.249. The zero-order chi connectivity index (χ0) is 9.84. The van der Waals surface area contributed by atoms with Crippen LogP contribution < -0.4 is 5.73 Å². The topological polar surface area (TPSA) is 35.2 Å². The van der Waals surface area contributed by atoms with Crippen molar-refractivity contribution in [1.29, 1.82) is 0 Å². The van der Waals surface area contributed by atoms with Gasteiger partial charge in [-0.05, 0) is 30.2 Å². The molecule has 13 heavy (non-hydrogen) atoms. The van der Waals surface area contributed by atoms with Crippen molar-refractivity contribution in [3.05, 3.63) is 35.1 Å². The van der Waals surface area contributed by atoms with Gasteiger partial charge in [0.25, 0.3) is 0 Å². The Balaban J connectivity index is 2.87. The van der Waals surface area contributed by atoms with E-state index in [9.17, 15) is 4.39 Å². The Hall–Kier alpha value is -0.930. The number of aryl methyl sites for hydroxylation is 1. The molecule has 1 rings (SSSR count). The minimum absolute atomic E-state index is 0.249. The second kappa shape index (κ2) is 4.35. The van der Waals surface area contributed by atoms with Crippen molar-refractivity contribution in [1.82, 2.24) is 0 Å². The molecule has 0 aromatic heterocycles. The zero-order valence-electron chi connectivity index (χ0n) is 7.88. The Morgan fingerprint density at radius 1 is 1.46 bits per heavy atom. The molecule has 0 unspecified atom stereocenters. The van der Waals surface area contributed by atoms with Crippen LogP contribution in [0.4, 0.5) is 4.39 Å². The predicted molar refractivity (Wildman–Crippen MR) is 49.9 cm³/mol. The lowest BCUT2D eigenvalue weighted by Gasteiger charge is -2.11. The van der Waals surface area contributed by atoms with E-state index in [0.717, 1.165) is 11.1 Å². The monoisotopic (exact) mass is 183 g/mol. The first-order valence-corrected chi connectivity index (χ1v) is 4.15. The summed E-state index contributed by atoms with van der Waals surface area (Å²) in [5, 5.41) is 0. The van der Waals surface area contributed by atoms with Crippen LogP contribution >= 0.6 is 0 Å². The molecule has 0 bridgehead atoms. The normalized spacial score (nSPS) is 12.9. The minimum atomic E-state index is -0.251. The SMILES string of the molecule is COC[C@H](N)c1cc(C)cc(F)c1. The van der Waals surface area contributed by atoms with E-state index in [1.807, 2.05) is 13.0 Å². The van der Waals surface area contributed by atoms with E-state index in [1.54, 1.807) is 7.11 Å². The Bertz CT molecular complexity index is 268. The van der Waals surface area contributed by atoms with E-state index in [-0.39, 0.29) is 11.9 Å². The van der Waals surface area contributed by atoms with Crippen LogP contribution in [0.15, 0.2) is 18.2 Å². The summed E-state index contributed by atoms with van der Waals surface area (Å²) in [4.78, 5) is 0. The Morgan fingerprint density at radius 2 is 2.15 bits per heavy atom. The van der Waals surface area contributed by atoms with E-state index in [1.165, 1.54) is 12.1 Å². The first-order chi connectivity index (χ1) is 6.13. The predicted octanol–water partition coefficient (Wildman–Crippen LogP) is 1.78. The van der Waals surface area contributed by atoms with Gasteiger partial charge in [0.05, 0.1) is 12.6 Å². The largest absolute Gasteiger partial charge is 0.383 e. The van der Waals surface area contributed by atoms with Gasteiger partial charge in [-0.25, -0.2) is 4.39 Å². The Labute approximate surface area is 77.5 Å². The summed E-state index contributed by atoms with van der Waals surface area (Å²) in [5.41, 5.74) is 7.41. The van der Waals surface area contributed by atoms with E-state index in [2.05, 4.69) is 0 Å². The molecule has 0 aliphatic heterocycles. The smallest absolute Gasteiger partial charge is 0.123 e. The van der Waals surface area contributed by atoms with Gasteiger partial charge in [-0.2, -0.15) is 0 Å². The second-order valence-corrected chi connectivity index (χ2v) is 3.12. The molecule has 0 aliphatic carbocycles. The molecule has 1 aromatic rings. The fourth-order valence-electron chi connectivity index (χ4n) is 1.25. The highest BCUT2D eigenvalue weighted by Crippen LogP contribution is 2.14. The lowest BCUT2D eigenvalue weighted by Crippen LogP contribution is -2.16. The van der Waals surface area contributed by atoms with Crippen molar-refractivity contribution in [3.8, 4) is 0 Å². The fraction of sp³-hybridized carbons (Fsp3) is 0.400. The van der Waals surface area contributed by atoms with Crippen molar-refractivity contribution in [2.75, 3.05) is 13.7 Å². The van der Waals surface area contributed by atoms with Gasteiger partial charge < -0.3 is 10.5 Å². The molecule has 0 radical (unpaired) electrons. The number of benzene rings is 1. The van der Waals surface area contributed by atoms with Gasteiger partial charge in [-0.1, -0.05) is 6.07 Å². The molecule has 0 aliphatic rings. The van der Waals surface area contributed by atoms with Gasteiger partial charge >= 0.3 is 0 Å². The van der Waals surface area contributed by atoms with Crippen LogP contribution in [0.1, 0.15) is 17.2 Å². The maximum absolute atomic E-state index is 12.9. The fourth-order valence-corrected chi connectivity index (χ4v) is 1.25. The van der Waals surface area contributed by atoms with Gasteiger partial charge in [0.1, 0.15) is 5.82 Å². The third-order valence-corrected chi connectivity index (χ3v) is 1.84. The maximum atomic E-state index is 12.9. The third-order valence-electron chi connectivity index (χ3n) is 1.84. The summed E-state index contributed by atoms with van der Waals surface area (Å²) in [6.07, 6.45) is 0. The van der Waals surface area contributed by atoms with Crippen molar-refractivity contribution in [2.45, 2.75) is 13.0 Å². The van der Waals surface area contributed by atoms with Gasteiger partial charge in [-0.15, -0.1) is 0 Å². The number of hydrogen-bond acceptors (Lipinski definition) is 2. The molecule has 0 spiro atoms. The molecule has 1 aromatic carbocycles. The van der Waals surface area contributed by atoms with Crippen molar-refractivity contribution < 1.29 is 9.13 Å². The Kier molecular flexibility index (Phi) is 3.39. The number of nitrogens with two attached hydrogens (primary N) is 1. The van der Waals surface area contributed by atoms with Crippen LogP contribution in [0.3, 0.4) is 0 Å². The number of hydrogen-bond donors (Lipinski definition) is 1. The first-order valence-electron chi connectivity index (χ1n) is 4.15. The molecule has 2 N–H and O–H groups in total. The first kappa shape index (κ1) is 10.2. The van der Waals surface area contributed by atoms with Crippen LogP contribution in [0.5, 0.6) is 0 Å². The van der Waals surface area contributed by atoms with E-state index in [4.69, 9.17) is 10.5 Å². The summed E-state index contributed by atoms with van der Waals surface area (Å²) in [6.45, 7) is 2.25. The average molecular weight is 183 g/mol. The molecule has 0 saturated carbocycles. The van der Waals surface area contributed by atoms with Gasteiger partial charge in [0.2, 0.25) is 0 Å². The summed E-state index contributed by atoms with van der Waals surface area (Å²) >= 11 is 0. The highest BCUT2D eigenvalue weighted by molar-refractivity contribution is 5.26. The second-order valence-electron chi connectivity index (χ2n) is 3.12. The number of methoxy groups -OCH3 is 1. The molecule has 1 atom stereocenters. The van der Waals surface area contributed by atoms with E-state index < -0.39 is 0 Å². The van der Waals surface area contributed by atoms with Crippen molar-refractivity contribution >= 4 is 0 Å². The van der Waals surface area contributed by atoms with Crippen molar-refractivity contribution in [3.63, 3.8) is 0 Å². The van der Waals surface area contributed by atoms with Gasteiger partial charge in [-0.3, -0.25) is 0 Å². The van der Waals surface area contributed by atoms with Crippen LogP contribution in [-0.2, 0) is 4.74 Å². The molecule has 0 fully saturated rings. The summed E-state index contributed by atoms with van der Waals surface area (Å²) < 4.78 is 17.8. The van der Waals surface area contributed by atoms with Gasteiger partial charge in [0, 0.05) is 7.11 Å². The zero-order valence-corrected chi connectivity index (χ0v) is 7.88. The quantitative estimate of drug-likeness (QED) is 0.775. The Morgan fingerprint density at radius 3 is 2.69 bits per heavy atom. The lowest BCUT2D eigenvalue weighted by molar-refractivity contribution is 0.181. The molecule has 2 nitrogen and oxygen atoms in total. The van der Waals surface area contributed by atoms with E-state index in [0.29, 0.717) is 6.61 Å². The number of ether oxygens (including phenoxy) is 1. The highest BCUT2D eigenvalue weighted by atomic mass is 19.1. The molecule has 0 amide bonds. The van der Waals surface area contributed by atoms with Gasteiger partial charge in [0.15, 0.2) is 0 Å². The molecule has 0 heterocycles. The summed E-state index contributed by atoms with van der Waals surface area (Å²) in [6, 6.07) is 4.53. The maximum Gasteiger partial charge on any atom is 0.123 e. The standard InChI is InChI=1S/C10H14FNO/c1-7-3-8(5-9(11)4-7)10(12)6-13-2/h3-5,10H,6,12H2,1-2H3/t10-/m0/s1. The molecule has 3 heteroatoms. The third kappa shape index (κ3) is 2.79.